The van der Waals surface area contributed by atoms with Gasteiger partial charge in [0, 0.05) is 22.6 Å². The fraction of sp³-hybridized carbons (Fsp3) is 0.259. The summed E-state index contributed by atoms with van der Waals surface area (Å²) in [6, 6.07) is 19.4. The molecule has 0 aliphatic rings. The minimum absolute atomic E-state index is 0.0402. The average Bonchev–Trinajstić information content (AvgIpc) is 2.88. The summed E-state index contributed by atoms with van der Waals surface area (Å²) in [6.45, 7) is 5.13. The number of anilines is 1. The molecule has 10 heteroatoms. The van der Waals surface area contributed by atoms with Gasteiger partial charge in [0.05, 0.1) is 10.6 Å². The van der Waals surface area contributed by atoms with Gasteiger partial charge in [0.15, 0.2) is 0 Å². The van der Waals surface area contributed by atoms with Gasteiger partial charge < -0.3 is 10.2 Å². The average molecular weight is 607 g/mol. The zero-order valence-corrected chi connectivity index (χ0v) is 24.0. The summed E-state index contributed by atoms with van der Waals surface area (Å²) in [4.78, 5) is 28.0. The van der Waals surface area contributed by atoms with Crippen LogP contribution in [0.25, 0.3) is 0 Å². The maximum atomic E-state index is 13.8. The molecule has 0 aliphatic heterocycles. The molecular formula is C27H29BrClN3O4S. The lowest BCUT2D eigenvalue weighted by atomic mass is 10.1. The minimum atomic E-state index is -4.14. The maximum absolute atomic E-state index is 13.8. The summed E-state index contributed by atoms with van der Waals surface area (Å²) in [7, 11) is -4.14. The van der Waals surface area contributed by atoms with E-state index >= 15 is 0 Å². The number of hydrogen-bond donors (Lipinski definition) is 1. The van der Waals surface area contributed by atoms with Gasteiger partial charge in [0.2, 0.25) is 11.8 Å². The van der Waals surface area contributed by atoms with E-state index in [0.29, 0.717) is 22.8 Å². The number of nitrogens with zero attached hydrogens (tertiary/aromatic N) is 2. The molecule has 3 rings (SSSR count). The third-order valence-corrected chi connectivity index (χ3v) is 8.61. The second kappa shape index (κ2) is 12.6. The van der Waals surface area contributed by atoms with Crippen LogP contribution in [0.5, 0.6) is 0 Å². The van der Waals surface area contributed by atoms with Crippen molar-refractivity contribution in [3.05, 3.63) is 93.4 Å². The Hall–Kier alpha value is -2.88. The van der Waals surface area contributed by atoms with Crippen molar-refractivity contribution >= 4 is 55.1 Å². The highest BCUT2D eigenvalue weighted by Crippen LogP contribution is 2.31. The molecule has 0 heterocycles. The monoisotopic (exact) mass is 605 g/mol. The second-order valence-electron chi connectivity index (χ2n) is 8.43. The van der Waals surface area contributed by atoms with Crippen LogP contribution in [0, 0.1) is 6.92 Å². The molecule has 0 saturated carbocycles. The van der Waals surface area contributed by atoms with Crippen molar-refractivity contribution in [2.75, 3.05) is 17.4 Å². The molecule has 0 spiro atoms. The molecule has 2 amide bonds. The van der Waals surface area contributed by atoms with E-state index in [2.05, 4.69) is 21.2 Å². The molecule has 7 nitrogen and oxygen atoms in total. The zero-order valence-electron chi connectivity index (χ0n) is 20.8. The van der Waals surface area contributed by atoms with Crippen LogP contribution in [0.15, 0.2) is 82.2 Å². The number of sulfonamides is 1. The number of likely N-dealkylation sites (N-methyl/N-ethyl adjacent to an activating group) is 1. The van der Waals surface area contributed by atoms with Gasteiger partial charge in [0.25, 0.3) is 10.0 Å². The van der Waals surface area contributed by atoms with Crippen molar-refractivity contribution in [3.8, 4) is 0 Å². The highest BCUT2D eigenvalue weighted by atomic mass is 79.9. The van der Waals surface area contributed by atoms with E-state index in [9.17, 15) is 18.0 Å². The van der Waals surface area contributed by atoms with Crippen LogP contribution in [-0.2, 0) is 26.2 Å². The van der Waals surface area contributed by atoms with Crippen LogP contribution in [0.1, 0.15) is 25.0 Å². The van der Waals surface area contributed by atoms with E-state index in [1.54, 1.807) is 57.2 Å². The fourth-order valence-corrected chi connectivity index (χ4v) is 5.72. The summed E-state index contributed by atoms with van der Waals surface area (Å²) in [5, 5.41) is 3.12. The molecule has 3 aromatic carbocycles. The fourth-order valence-electron chi connectivity index (χ4n) is 3.79. The lowest BCUT2D eigenvalue weighted by molar-refractivity contribution is -0.139. The third-order valence-electron chi connectivity index (χ3n) is 5.90. The van der Waals surface area contributed by atoms with Gasteiger partial charge in [-0.05, 0) is 68.3 Å². The number of halogens is 2. The quantitative estimate of drug-likeness (QED) is 0.346. The lowest BCUT2D eigenvalue weighted by Gasteiger charge is -2.32. The van der Waals surface area contributed by atoms with Crippen LogP contribution >= 0.6 is 27.5 Å². The van der Waals surface area contributed by atoms with Gasteiger partial charge in [-0.15, -0.1) is 0 Å². The van der Waals surface area contributed by atoms with E-state index in [4.69, 9.17) is 11.6 Å². The Bertz CT molecular complexity index is 1350. The molecule has 0 aliphatic carbocycles. The Morgan fingerprint density at radius 3 is 2.27 bits per heavy atom. The number of rotatable bonds is 10. The van der Waals surface area contributed by atoms with Gasteiger partial charge in [-0.25, -0.2) is 8.42 Å². The van der Waals surface area contributed by atoms with Crippen molar-refractivity contribution < 1.29 is 18.0 Å². The molecule has 1 atom stereocenters. The first-order chi connectivity index (χ1) is 17.6. The van der Waals surface area contributed by atoms with E-state index in [0.717, 1.165) is 14.3 Å². The largest absolute Gasteiger partial charge is 0.355 e. The van der Waals surface area contributed by atoms with Crippen LogP contribution in [-0.4, -0.2) is 44.3 Å². The van der Waals surface area contributed by atoms with Crippen LogP contribution in [0.2, 0.25) is 5.02 Å². The Kier molecular flexibility index (Phi) is 9.75. The summed E-state index contributed by atoms with van der Waals surface area (Å²) in [6.07, 6.45) is 0. The van der Waals surface area contributed by atoms with Gasteiger partial charge in [-0.3, -0.25) is 13.9 Å². The third kappa shape index (κ3) is 6.91. The predicted octanol–water partition coefficient (Wildman–Crippen LogP) is 5.16. The molecule has 37 heavy (non-hydrogen) atoms. The minimum Gasteiger partial charge on any atom is -0.355 e. The zero-order chi connectivity index (χ0) is 27.2. The van der Waals surface area contributed by atoms with Gasteiger partial charge in [0.1, 0.15) is 12.6 Å². The van der Waals surface area contributed by atoms with Crippen molar-refractivity contribution in [3.63, 3.8) is 0 Å². The number of hydrogen-bond acceptors (Lipinski definition) is 4. The smallest absolute Gasteiger partial charge is 0.264 e. The first-order valence-corrected chi connectivity index (χ1v) is 14.3. The first-order valence-electron chi connectivity index (χ1n) is 11.7. The van der Waals surface area contributed by atoms with E-state index < -0.39 is 28.5 Å². The molecule has 3 aromatic rings. The summed E-state index contributed by atoms with van der Waals surface area (Å²) < 4.78 is 29.5. The van der Waals surface area contributed by atoms with Crippen molar-refractivity contribution in [2.45, 2.75) is 38.3 Å². The lowest BCUT2D eigenvalue weighted by Crippen LogP contribution is -2.51. The molecule has 0 fully saturated rings. The maximum Gasteiger partial charge on any atom is 0.264 e. The Balaban J connectivity index is 2.06. The van der Waals surface area contributed by atoms with Gasteiger partial charge in [-0.2, -0.15) is 0 Å². The van der Waals surface area contributed by atoms with Crippen LogP contribution in [0.3, 0.4) is 0 Å². The normalized spacial score (nSPS) is 12.0. The van der Waals surface area contributed by atoms with Gasteiger partial charge >= 0.3 is 0 Å². The van der Waals surface area contributed by atoms with Crippen molar-refractivity contribution in [1.29, 1.82) is 0 Å². The summed E-state index contributed by atoms with van der Waals surface area (Å²) >= 11 is 9.73. The summed E-state index contributed by atoms with van der Waals surface area (Å²) in [5.74, 6) is -0.857. The molecular weight excluding hydrogens is 578 g/mol. The first kappa shape index (κ1) is 28.7. The Morgan fingerprint density at radius 1 is 1.00 bits per heavy atom. The molecule has 0 radical (unpaired) electrons. The predicted molar refractivity (Wildman–Crippen MR) is 150 cm³/mol. The summed E-state index contributed by atoms with van der Waals surface area (Å²) in [5.41, 5.74) is 1.61. The number of carbonyl (C=O) groups excluding carboxylic acids is 2. The standard InChI is InChI=1S/C27H29BrClN3O4S/c1-4-30-27(34)20(3)31(17-21-13-15-22(28)16-14-21)26(33)18-32(25-12-8-11-24(29)19(25)2)37(35,36)23-9-6-5-7-10-23/h5-16,20H,4,17-18H2,1-3H3,(H,30,34)/t20-/m0/s1. The number of amides is 2. The highest BCUT2D eigenvalue weighted by Gasteiger charge is 2.33. The van der Waals surface area contributed by atoms with Crippen molar-refractivity contribution in [1.82, 2.24) is 10.2 Å². The number of nitrogens with one attached hydrogen (secondary N) is 1. The highest BCUT2D eigenvalue weighted by molar-refractivity contribution is 9.10. The Labute approximate surface area is 231 Å². The number of carbonyl (C=O) groups is 2. The molecule has 0 aromatic heterocycles. The molecule has 0 saturated heterocycles. The second-order valence-corrected chi connectivity index (χ2v) is 11.6. The Morgan fingerprint density at radius 2 is 1.65 bits per heavy atom. The molecule has 1 N–H and O–H groups in total. The molecule has 196 valence electrons. The van der Waals surface area contributed by atoms with E-state index in [-0.39, 0.29) is 17.3 Å². The van der Waals surface area contributed by atoms with E-state index in [1.165, 1.54) is 17.0 Å². The van der Waals surface area contributed by atoms with Crippen LogP contribution in [0.4, 0.5) is 5.69 Å². The SMILES string of the molecule is CCNC(=O)[C@H](C)N(Cc1ccc(Br)cc1)C(=O)CN(c1cccc(Cl)c1C)S(=O)(=O)c1ccccc1. The molecule has 0 unspecified atom stereocenters. The van der Waals surface area contributed by atoms with E-state index in [1.807, 2.05) is 24.3 Å². The number of benzene rings is 3. The molecule has 0 bridgehead atoms. The van der Waals surface area contributed by atoms with Gasteiger partial charge in [-0.1, -0.05) is 63.9 Å². The topological polar surface area (TPSA) is 86.8 Å². The van der Waals surface area contributed by atoms with Crippen molar-refractivity contribution in [2.24, 2.45) is 0 Å². The van der Waals surface area contributed by atoms with Crippen LogP contribution < -0.4 is 9.62 Å².